The molecule has 1 saturated carbocycles. The van der Waals surface area contributed by atoms with Crippen LogP contribution in [-0.4, -0.2) is 26.1 Å². The molecule has 2 aromatic rings. The van der Waals surface area contributed by atoms with Gasteiger partial charge in [-0.05, 0) is 24.3 Å². The van der Waals surface area contributed by atoms with Gasteiger partial charge < -0.3 is 5.11 Å². The third-order valence-corrected chi connectivity index (χ3v) is 4.14. The minimum atomic E-state index is -0.901. The van der Waals surface area contributed by atoms with Crippen LogP contribution in [-0.2, 0) is 16.8 Å². The minimum Gasteiger partial charge on any atom is -0.480 e. The largest absolute Gasteiger partial charge is 0.480 e. The molecule has 1 N–H and O–H groups in total. The van der Waals surface area contributed by atoms with Crippen molar-refractivity contribution in [3.63, 3.8) is 0 Å². The number of nitrogens with zero attached hydrogens (tertiary/aromatic N) is 3. The first kappa shape index (κ1) is 10.5. The second-order valence-electron chi connectivity index (χ2n) is 4.25. The van der Waals surface area contributed by atoms with Crippen LogP contribution >= 0.6 is 11.3 Å². The van der Waals surface area contributed by atoms with Crippen molar-refractivity contribution >= 4 is 17.3 Å². The van der Waals surface area contributed by atoms with E-state index < -0.39 is 5.97 Å². The summed E-state index contributed by atoms with van der Waals surface area (Å²) in [6.45, 7) is -0.131. The number of aromatic nitrogens is 3. The highest BCUT2D eigenvalue weighted by molar-refractivity contribution is 7.10. The average molecular weight is 249 g/mol. The van der Waals surface area contributed by atoms with Gasteiger partial charge in [0.15, 0.2) is 0 Å². The number of thiophene rings is 1. The Kier molecular flexibility index (Phi) is 2.25. The topological polar surface area (TPSA) is 68.0 Å². The summed E-state index contributed by atoms with van der Waals surface area (Å²) >= 11 is 1.72. The van der Waals surface area contributed by atoms with E-state index in [0.29, 0.717) is 0 Å². The van der Waals surface area contributed by atoms with Crippen molar-refractivity contribution in [3.05, 3.63) is 34.3 Å². The first-order valence-corrected chi connectivity index (χ1v) is 6.25. The Bertz CT molecular complexity index is 543. The molecule has 2 aromatic heterocycles. The second-order valence-corrected chi connectivity index (χ2v) is 5.20. The third-order valence-electron chi connectivity index (χ3n) is 3.07. The predicted molar refractivity (Wildman–Crippen MR) is 62.0 cm³/mol. The third kappa shape index (κ3) is 1.74. The Hall–Kier alpha value is -1.69. The maximum Gasteiger partial charge on any atom is 0.325 e. The lowest BCUT2D eigenvalue weighted by atomic mass is 10.0. The smallest absolute Gasteiger partial charge is 0.325 e. The van der Waals surface area contributed by atoms with Crippen LogP contribution in [0.1, 0.15) is 23.4 Å². The SMILES string of the molecule is O=C(O)Cn1cc(C2(c3cccs3)CC2)nn1. The Labute approximate surface area is 102 Å². The zero-order valence-corrected chi connectivity index (χ0v) is 9.85. The van der Waals surface area contributed by atoms with Gasteiger partial charge in [0.2, 0.25) is 0 Å². The van der Waals surface area contributed by atoms with Crippen molar-refractivity contribution in [2.45, 2.75) is 24.8 Å². The van der Waals surface area contributed by atoms with E-state index >= 15 is 0 Å². The normalized spacial score (nSPS) is 16.9. The Morgan fingerprint density at radius 3 is 3.00 bits per heavy atom. The van der Waals surface area contributed by atoms with E-state index in [1.165, 1.54) is 9.56 Å². The number of hydrogen-bond acceptors (Lipinski definition) is 4. The Morgan fingerprint density at radius 1 is 1.59 bits per heavy atom. The Morgan fingerprint density at radius 2 is 2.41 bits per heavy atom. The van der Waals surface area contributed by atoms with Crippen molar-refractivity contribution < 1.29 is 9.90 Å². The number of carboxylic acids is 1. The molecular weight excluding hydrogens is 238 g/mol. The highest BCUT2D eigenvalue weighted by atomic mass is 32.1. The van der Waals surface area contributed by atoms with E-state index in [4.69, 9.17) is 5.11 Å². The van der Waals surface area contributed by atoms with Crippen LogP contribution < -0.4 is 0 Å². The molecule has 0 bridgehead atoms. The number of aliphatic carboxylic acids is 1. The van der Waals surface area contributed by atoms with Crippen molar-refractivity contribution in [1.82, 2.24) is 15.0 Å². The molecule has 0 saturated heterocycles. The van der Waals surface area contributed by atoms with Gasteiger partial charge in [0.25, 0.3) is 0 Å². The van der Waals surface area contributed by atoms with Gasteiger partial charge in [-0.3, -0.25) is 4.79 Å². The second kappa shape index (κ2) is 3.66. The van der Waals surface area contributed by atoms with E-state index in [-0.39, 0.29) is 12.0 Å². The molecule has 0 aliphatic heterocycles. The van der Waals surface area contributed by atoms with E-state index in [0.717, 1.165) is 18.5 Å². The number of hydrogen-bond donors (Lipinski definition) is 1. The molecule has 0 aromatic carbocycles. The highest BCUT2D eigenvalue weighted by Gasteiger charge is 2.49. The fraction of sp³-hybridized carbons (Fsp3) is 0.364. The lowest BCUT2D eigenvalue weighted by molar-refractivity contribution is -0.137. The minimum absolute atomic E-state index is 0.00488. The molecular formula is C11H11N3O2S. The number of rotatable bonds is 4. The summed E-state index contributed by atoms with van der Waals surface area (Å²) in [5.74, 6) is -0.901. The number of carbonyl (C=O) groups is 1. The predicted octanol–water partition coefficient (Wildman–Crippen LogP) is 1.50. The molecule has 0 unspecified atom stereocenters. The zero-order valence-electron chi connectivity index (χ0n) is 9.04. The monoisotopic (exact) mass is 249 g/mol. The van der Waals surface area contributed by atoms with Gasteiger partial charge >= 0.3 is 5.97 Å². The standard InChI is InChI=1S/C11H11N3O2S/c15-10(16)7-14-6-8(12-13-14)11(3-4-11)9-2-1-5-17-9/h1-2,5-6H,3-4,7H2,(H,15,16). The van der Waals surface area contributed by atoms with Crippen molar-refractivity contribution in [2.24, 2.45) is 0 Å². The van der Waals surface area contributed by atoms with Crippen LogP contribution in [0.4, 0.5) is 0 Å². The van der Waals surface area contributed by atoms with Crippen LogP contribution in [0.5, 0.6) is 0 Å². The van der Waals surface area contributed by atoms with Crippen LogP contribution in [0.25, 0.3) is 0 Å². The molecule has 88 valence electrons. The van der Waals surface area contributed by atoms with Crippen molar-refractivity contribution in [3.8, 4) is 0 Å². The molecule has 0 radical (unpaired) electrons. The summed E-state index contributed by atoms with van der Waals surface area (Å²) in [5, 5.41) is 18.7. The fourth-order valence-corrected chi connectivity index (χ4v) is 3.03. The van der Waals surface area contributed by atoms with Gasteiger partial charge in [-0.15, -0.1) is 16.4 Å². The molecule has 1 aliphatic carbocycles. The molecule has 17 heavy (non-hydrogen) atoms. The Balaban J connectivity index is 1.90. The molecule has 6 heteroatoms. The molecule has 3 rings (SSSR count). The maximum atomic E-state index is 10.6. The molecule has 1 fully saturated rings. The van der Waals surface area contributed by atoms with Gasteiger partial charge in [0.05, 0.1) is 17.3 Å². The summed E-state index contributed by atoms with van der Waals surface area (Å²) in [5.41, 5.74) is 0.895. The molecule has 0 atom stereocenters. The molecule has 5 nitrogen and oxygen atoms in total. The fourth-order valence-electron chi connectivity index (χ4n) is 2.04. The van der Waals surface area contributed by atoms with Crippen LogP contribution in [0.3, 0.4) is 0 Å². The summed E-state index contributed by atoms with van der Waals surface area (Å²) in [6, 6.07) is 4.13. The highest BCUT2D eigenvalue weighted by Crippen LogP contribution is 2.54. The zero-order chi connectivity index (χ0) is 11.9. The van der Waals surface area contributed by atoms with Gasteiger partial charge in [0.1, 0.15) is 6.54 Å². The van der Waals surface area contributed by atoms with Crippen molar-refractivity contribution in [2.75, 3.05) is 0 Å². The molecule has 0 spiro atoms. The lowest BCUT2D eigenvalue weighted by Crippen LogP contribution is -2.09. The molecule has 0 amide bonds. The first-order chi connectivity index (χ1) is 8.21. The summed E-state index contributed by atoms with van der Waals surface area (Å²) in [7, 11) is 0. The van der Waals surface area contributed by atoms with Gasteiger partial charge in [-0.2, -0.15) is 0 Å². The van der Waals surface area contributed by atoms with Crippen LogP contribution in [0.15, 0.2) is 23.7 Å². The molecule has 1 aliphatic rings. The van der Waals surface area contributed by atoms with E-state index in [1.807, 2.05) is 6.07 Å². The van der Waals surface area contributed by atoms with Gasteiger partial charge in [-0.25, -0.2) is 4.68 Å². The molecule has 2 heterocycles. The van der Waals surface area contributed by atoms with Crippen molar-refractivity contribution in [1.29, 1.82) is 0 Å². The van der Waals surface area contributed by atoms with Gasteiger partial charge in [0, 0.05) is 4.88 Å². The average Bonchev–Trinajstić information content (AvgIpc) is 2.77. The lowest BCUT2D eigenvalue weighted by Gasteiger charge is -2.07. The van der Waals surface area contributed by atoms with Gasteiger partial charge in [-0.1, -0.05) is 11.3 Å². The summed E-state index contributed by atoms with van der Waals surface area (Å²) in [4.78, 5) is 11.9. The first-order valence-electron chi connectivity index (χ1n) is 5.37. The van der Waals surface area contributed by atoms with Crippen LogP contribution in [0.2, 0.25) is 0 Å². The van der Waals surface area contributed by atoms with E-state index in [1.54, 1.807) is 17.5 Å². The number of carboxylic acid groups (broad SMARTS) is 1. The quantitative estimate of drug-likeness (QED) is 0.891. The van der Waals surface area contributed by atoms with E-state index in [2.05, 4.69) is 21.8 Å². The summed E-state index contributed by atoms with van der Waals surface area (Å²) < 4.78 is 1.38. The van der Waals surface area contributed by atoms with Crippen LogP contribution in [0, 0.1) is 0 Å². The van der Waals surface area contributed by atoms with E-state index in [9.17, 15) is 4.79 Å². The maximum absolute atomic E-state index is 10.6. The summed E-state index contributed by atoms with van der Waals surface area (Å²) in [6.07, 6.45) is 3.89.